The zero-order valence-corrected chi connectivity index (χ0v) is 31.0. The Morgan fingerprint density at radius 3 is 2.15 bits per heavy atom. The molecule has 55 heavy (non-hydrogen) atoms. The van der Waals surface area contributed by atoms with E-state index in [1.54, 1.807) is 0 Å². The van der Waals surface area contributed by atoms with Gasteiger partial charge in [0.25, 0.3) is 16.9 Å². The number of hydrogen-bond acceptors (Lipinski definition) is 16. The fourth-order valence-corrected chi connectivity index (χ4v) is 9.34. The van der Waals surface area contributed by atoms with Crippen LogP contribution < -0.4 is 17.0 Å². The highest BCUT2D eigenvalue weighted by atomic mass is 32.2. The van der Waals surface area contributed by atoms with Gasteiger partial charge in [-0.3, -0.25) is 34.8 Å². The van der Waals surface area contributed by atoms with Crippen LogP contribution in [0.1, 0.15) is 31.4 Å². The molecule has 21 heteroatoms. The summed E-state index contributed by atoms with van der Waals surface area (Å²) in [5.74, 6) is -2.24. The highest BCUT2D eigenvalue weighted by Crippen LogP contribution is 2.52. The number of aliphatic hydroxyl groups is 1. The van der Waals surface area contributed by atoms with E-state index < -0.39 is 57.5 Å². The number of β-lactam (4-membered cyclic amide) rings is 1. The minimum atomic E-state index is -0.978. The average molecular weight is 797 g/mol. The van der Waals surface area contributed by atoms with Gasteiger partial charge in [0.1, 0.15) is 24.6 Å². The summed E-state index contributed by atoms with van der Waals surface area (Å²) in [6.45, 7) is 3.14. The first-order chi connectivity index (χ1) is 26.1. The maximum Gasteiger partial charge on any atom is 0.410 e. The number of nitrogen functional groups attached to an aromatic ring is 2. The number of likely N-dealkylation sites (tertiary alicyclic amines) is 1. The number of nitrogens with two attached hydrogens (primary N) is 2. The van der Waals surface area contributed by atoms with Gasteiger partial charge in [-0.1, -0.05) is 18.7 Å². The van der Waals surface area contributed by atoms with Crippen LogP contribution in [-0.2, 0) is 32.3 Å². The maximum atomic E-state index is 13.8. The van der Waals surface area contributed by atoms with Gasteiger partial charge in [0.05, 0.1) is 27.9 Å². The van der Waals surface area contributed by atoms with Crippen LogP contribution in [0, 0.1) is 32.1 Å². The number of nitro benzene ring substituents is 2. The Bertz CT molecular complexity index is 2110. The second kappa shape index (κ2) is 16.0. The van der Waals surface area contributed by atoms with E-state index in [2.05, 4.69) is 9.97 Å². The zero-order valence-electron chi connectivity index (χ0n) is 29.4. The van der Waals surface area contributed by atoms with Crippen molar-refractivity contribution in [2.24, 2.45) is 11.8 Å². The van der Waals surface area contributed by atoms with Gasteiger partial charge in [0.2, 0.25) is 5.91 Å². The molecule has 3 aliphatic heterocycles. The van der Waals surface area contributed by atoms with Crippen LogP contribution in [0.2, 0.25) is 0 Å². The van der Waals surface area contributed by atoms with Gasteiger partial charge in [-0.2, -0.15) is 0 Å². The first-order valence-electron chi connectivity index (χ1n) is 16.9. The molecule has 3 aromatic rings. The molecule has 1 aromatic heterocycles. The van der Waals surface area contributed by atoms with E-state index in [9.17, 15) is 44.5 Å². The summed E-state index contributed by atoms with van der Waals surface area (Å²) in [5, 5.41) is 32.4. The summed E-state index contributed by atoms with van der Waals surface area (Å²) >= 11 is 2.46. The summed E-state index contributed by atoms with van der Waals surface area (Å²) in [4.78, 5) is 84.0. The number of thioether (sulfide) groups is 2. The largest absolute Gasteiger partial charge is 0.456 e. The number of nitrogens with one attached hydrogen (secondary N) is 1. The number of aromatic nitrogens is 2. The van der Waals surface area contributed by atoms with E-state index in [0.717, 1.165) is 11.8 Å². The van der Waals surface area contributed by atoms with Crippen LogP contribution in [0.15, 0.2) is 69.1 Å². The highest BCUT2D eigenvalue weighted by Gasteiger charge is 2.60. The molecule has 2 amide bonds. The first kappa shape index (κ1) is 39.0. The van der Waals surface area contributed by atoms with E-state index >= 15 is 0 Å². The van der Waals surface area contributed by atoms with Crippen molar-refractivity contribution >= 4 is 64.4 Å². The Hall–Kier alpha value is -5.67. The summed E-state index contributed by atoms with van der Waals surface area (Å²) in [7, 11) is 0. The van der Waals surface area contributed by atoms with Crippen molar-refractivity contribution in [3.63, 3.8) is 0 Å². The lowest BCUT2D eigenvalue weighted by atomic mass is 9.79. The molecular weight excluding hydrogens is 761 g/mol. The minimum Gasteiger partial charge on any atom is -0.456 e. The molecule has 2 saturated heterocycles. The van der Waals surface area contributed by atoms with Crippen LogP contribution in [0.5, 0.6) is 0 Å². The summed E-state index contributed by atoms with van der Waals surface area (Å²) in [6, 6.07) is 10.1. The van der Waals surface area contributed by atoms with Crippen molar-refractivity contribution in [3.8, 4) is 0 Å². The summed E-state index contributed by atoms with van der Waals surface area (Å²) in [6.07, 6.45) is -1.26. The number of anilines is 2. The van der Waals surface area contributed by atoms with Crippen LogP contribution in [0.4, 0.5) is 27.7 Å². The molecule has 19 nitrogen and oxygen atoms in total. The fourth-order valence-electron chi connectivity index (χ4n) is 6.78. The van der Waals surface area contributed by atoms with Crippen LogP contribution >= 0.6 is 23.5 Å². The Balaban J connectivity index is 1.23. The molecule has 6 atom stereocenters. The molecule has 2 aromatic carbocycles. The molecule has 6 N–H and O–H groups in total. The molecule has 0 aliphatic carbocycles. The van der Waals surface area contributed by atoms with Crippen molar-refractivity contribution in [3.05, 3.63) is 101 Å². The van der Waals surface area contributed by atoms with Gasteiger partial charge in [-0.25, -0.2) is 14.6 Å². The number of ether oxygens (including phenoxy) is 2. The number of carbonyl (C=O) groups excluding carboxylic acids is 3. The quantitative estimate of drug-likeness (QED) is 0.0483. The number of hydrogen-bond donors (Lipinski definition) is 4. The van der Waals surface area contributed by atoms with Crippen molar-refractivity contribution in [1.82, 2.24) is 19.8 Å². The second-order valence-corrected chi connectivity index (χ2v) is 15.6. The number of rotatable bonds is 13. The number of amides is 2. The first-order valence-corrected chi connectivity index (χ1v) is 18.8. The van der Waals surface area contributed by atoms with Gasteiger partial charge < -0.3 is 35.8 Å². The number of nitrogens with zero attached hydrogens (tertiary/aromatic N) is 5. The summed E-state index contributed by atoms with van der Waals surface area (Å²) < 4.78 is 11.3. The van der Waals surface area contributed by atoms with Crippen molar-refractivity contribution in [1.29, 1.82) is 0 Å². The Kier molecular flexibility index (Phi) is 11.3. The summed E-state index contributed by atoms with van der Waals surface area (Å²) in [5.41, 5.74) is 11.4. The molecule has 0 radical (unpaired) electrons. The topological polar surface area (TPSA) is 280 Å². The van der Waals surface area contributed by atoms with Crippen molar-refractivity contribution in [2.45, 2.75) is 62.1 Å². The SMILES string of the molecule is C[C@@H](O)[C@H]1C(=O)N2C(C(=O)OCc3ccc([N+](=O)[O-])cc3)=C(S[C@H]3C[C@@H](CSc4nc(N)c(N)c(=O)[nH]4)N(C(=O)OCc4ccc([N+](=O)[O-])cc4)C3)[C@H](C)[C@H]12. The molecule has 2 fully saturated rings. The number of nitro groups is 2. The molecule has 6 rings (SSSR count). The predicted octanol–water partition coefficient (Wildman–Crippen LogP) is 3.17. The van der Waals surface area contributed by atoms with E-state index in [0.29, 0.717) is 22.5 Å². The van der Waals surface area contributed by atoms with E-state index in [-0.39, 0.29) is 70.4 Å². The van der Waals surface area contributed by atoms with E-state index in [4.69, 9.17) is 20.9 Å². The molecule has 3 aliphatic rings. The number of aromatic amines is 1. The molecule has 290 valence electrons. The minimum absolute atomic E-state index is 0.0376. The third-order valence-corrected chi connectivity index (χ3v) is 12.1. The molecule has 0 spiro atoms. The molecule has 0 unspecified atom stereocenters. The third-order valence-electron chi connectivity index (χ3n) is 9.61. The smallest absolute Gasteiger partial charge is 0.410 e. The van der Waals surface area contributed by atoms with Gasteiger partial charge in [0.15, 0.2) is 11.0 Å². The Morgan fingerprint density at radius 2 is 1.60 bits per heavy atom. The number of aliphatic hydroxyl groups excluding tert-OH is 1. The standard InChI is InChI=1S/C34H36N8O11S2/c1-16-26-24(17(2)43)31(45)40(26)27(32(46)52-13-18-3-7-20(8-4-18)41(48)49)28(16)55-23-11-22(15-54-33-37-29(36)25(35)30(44)38-33)39(12-23)34(47)53-14-19-5-9-21(10-6-19)42(50)51/h3-10,16-17,22-24,26,43H,11-15,35H2,1-2H3,(H3,36,37,38,44)/t16-,17-,22+,23+,24-,26-/m1/s1. The Morgan fingerprint density at radius 1 is 1.02 bits per heavy atom. The number of non-ortho nitro benzene ring substituents is 2. The molecule has 0 saturated carbocycles. The zero-order chi connectivity index (χ0) is 39.7. The molecule has 0 bridgehead atoms. The predicted molar refractivity (Wildman–Crippen MR) is 199 cm³/mol. The average Bonchev–Trinajstić information content (AvgIpc) is 3.66. The number of H-pyrrole nitrogens is 1. The molecular formula is C34H36N8O11S2. The van der Waals surface area contributed by atoms with Crippen molar-refractivity contribution in [2.75, 3.05) is 23.8 Å². The van der Waals surface area contributed by atoms with Crippen LogP contribution in [0.3, 0.4) is 0 Å². The van der Waals surface area contributed by atoms with Crippen molar-refractivity contribution < 1.29 is 38.8 Å². The highest BCUT2D eigenvalue weighted by molar-refractivity contribution is 8.03. The van der Waals surface area contributed by atoms with E-state index in [1.807, 2.05) is 6.92 Å². The normalized spacial score (nSPS) is 22.2. The van der Waals surface area contributed by atoms with Gasteiger partial charge >= 0.3 is 12.1 Å². The Labute approximate surface area is 320 Å². The van der Waals surface area contributed by atoms with E-state index in [1.165, 1.54) is 77.0 Å². The number of carbonyl (C=O) groups is 3. The van der Waals surface area contributed by atoms with Gasteiger partial charge in [0, 0.05) is 58.7 Å². The number of benzene rings is 2. The fraction of sp³-hybridized carbons (Fsp3) is 0.382. The maximum absolute atomic E-state index is 13.8. The third kappa shape index (κ3) is 8.08. The van der Waals surface area contributed by atoms with Crippen LogP contribution in [-0.4, -0.2) is 88.4 Å². The lowest BCUT2D eigenvalue weighted by Gasteiger charge is -2.46. The number of esters is 1. The lowest BCUT2D eigenvalue weighted by molar-refractivity contribution is -0.385. The number of fused-ring (bicyclic) bond motifs is 1. The van der Waals surface area contributed by atoms with Gasteiger partial charge in [-0.05, 0) is 48.7 Å². The van der Waals surface area contributed by atoms with Crippen LogP contribution in [0.25, 0.3) is 0 Å². The monoisotopic (exact) mass is 796 g/mol. The van der Waals surface area contributed by atoms with Gasteiger partial charge in [-0.15, -0.1) is 11.8 Å². The lowest BCUT2D eigenvalue weighted by Crippen LogP contribution is -2.63. The molecule has 4 heterocycles. The second-order valence-electron chi connectivity index (χ2n) is 13.2.